The Morgan fingerprint density at radius 1 is 1.53 bits per heavy atom. The molecule has 0 bridgehead atoms. The van der Waals surface area contributed by atoms with Gasteiger partial charge in [-0.1, -0.05) is 0 Å². The average Bonchev–Trinajstić information content (AvgIpc) is 2.62. The zero-order valence-corrected chi connectivity index (χ0v) is 9.81. The topological polar surface area (TPSA) is 42.9 Å². The molecular weight excluding hydrogens is 252 g/mol. The highest BCUT2D eigenvalue weighted by molar-refractivity contribution is 7.80. The van der Waals surface area contributed by atoms with Gasteiger partial charge in [0.25, 0.3) is 5.24 Å². The van der Waals surface area contributed by atoms with Crippen molar-refractivity contribution in [3.63, 3.8) is 0 Å². The summed E-state index contributed by atoms with van der Waals surface area (Å²) in [4.78, 5) is 19.5. The maximum absolute atomic E-state index is 11.0. The first kappa shape index (κ1) is 10.6. The van der Waals surface area contributed by atoms with Gasteiger partial charge in [0, 0.05) is 18.0 Å². The number of thiazole rings is 1. The summed E-state index contributed by atoms with van der Waals surface area (Å²) in [6, 6.07) is 3.67. The highest BCUT2D eigenvalue weighted by atomic mass is 35.5. The van der Waals surface area contributed by atoms with E-state index in [0.29, 0.717) is 14.9 Å². The van der Waals surface area contributed by atoms with Gasteiger partial charge in [-0.05, 0) is 23.7 Å². The average molecular weight is 257 g/mol. The number of carbonyl (C=O) groups is 1. The van der Waals surface area contributed by atoms with Crippen LogP contribution in [0.15, 0.2) is 29.6 Å². The Labute approximate surface area is 101 Å². The SMILES string of the molecule is O=C(Cl)c1sc(-c2cccnc2)nc1S. The van der Waals surface area contributed by atoms with Crippen LogP contribution in [0.25, 0.3) is 10.6 Å². The normalized spacial score (nSPS) is 10.3. The molecule has 0 unspecified atom stereocenters. The summed E-state index contributed by atoms with van der Waals surface area (Å²) in [6.45, 7) is 0. The van der Waals surface area contributed by atoms with Crippen LogP contribution >= 0.6 is 35.6 Å². The summed E-state index contributed by atoms with van der Waals surface area (Å²) in [7, 11) is 0. The minimum absolute atomic E-state index is 0.360. The highest BCUT2D eigenvalue weighted by Crippen LogP contribution is 2.30. The predicted molar refractivity (Wildman–Crippen MR) is 62.8 cm³/mol. The molecule has 0 aromatic carbocycles. The standard InChI is InChI=1S/C9H5ClN2OS2/c10-7(13)6-8(14)12-9(15-6)5-2-1-3-11-4-5/h1-4,14H. The van der Waals surface area contributed by atoms with E-state index in [4.69, 9.17) is 11.6 Å². The van der Waals surface area contributed by atoms with Gasteiger partial charge in [-0.25, -0.2) is 4.98 Å². The van der Waals surface area contributed by atoms with E-state index in [1.54, 1.807) is 18.5 Å². The Balaban J connectivity index is 2.48. The Bertz CT molecular complexity index is 498. The van der Waals surface area contributed by atoms with E-state index in [9.17, 15) is 4.79 Å². The van der Waals surface area contributed by atoms with Gasteiger partial charge in [-0.15, -0.1) is 24.0 Å². The van der Waals surface area contributed by atoms with Crippen molar-refractivity contribution >= 4 is 40.8 Å². The molecular formula is C9H5ClN2OS2. The van der Waals surface area contributed by atoms with E-state index in [1.165, 1.54) is 11.3 Å². The molecule has 15 heavy (non-hydrogen) atoms. The maximum Gasteiger partial charge on any atom is 0.265 e. The van der Waals surface area contributed by atoms with Crippen molar-refractivity contribution in [2.45, 2.75) is 5.03 Å². The lowest BCUT2D eigenvalue weighted by atomic mass is 10.3. The van der Waals surface area contributed by atoms with Crippen LogP contribution in [0.3, 0.4) is 0 Å². The molecule has 6 heteroatoms. The number of hydrogen-bond acceptors (Lipinski definition) is 5. The number of rotatable bonds is 2. The molecule has 0 aliphatic rings. The van der Waals surface area contributed by atoms with Gasteiger partial charge in [-0.2, -0.15) is 0 Å². The molecule has 0 amide bonds. The number of pyridine rings is 1. The lowest BCUT2D eigenvalue weighted by Crippen LogP contribution is -1.83. The fourth-order valence-electron chi connectivity index (χ4n) is 1.05. The molecule has 0 aliphatic heterocycles. The van der Waals surface area contributed by atoms with Crippen molar-refractivity contribution < 1.29 is 4.79 Å². The third-order valence-electron chi connectivity index (χ3n) is 1.70. The van der Waals surface area contributed by atoms with Crippen LogP contribution < -0.4 is 0 Å². The fourth-order valence-corrected chi connectivity index (χ4v) is 2.52. The highest BCUT2D eigenvalue weighted by Gasteiger charge is 2.14. The van der Waals surface area contributed by atoms with Gasteiger partial charge in [0.2, 0.25) is 0 Å². The van der Waals surface area contributed by atoms with E-state index < -0.39 is 5.24 Å². The zero-order chi connectivity index (χ0) is 10.8. The van der Waals surface area contributed by atoms with Crippen LogP contribution in [0.1, 0.15) is 9.67 Å². The second-order valence-electron chi connectivity index (χ2n) is 2.69. The largest absolute Gasteiger partial charge is 0.275 e. The smallest absolute Gasteiger partial charge is 0.265 e. The second-order valence-corrected chi connectivity index (χ2v) is 4.45. The van der Waals surface area contributed by atoms with E-state index >= 15 is 0 Å². The third kappa shape index (κ3) is 2.19. The second kappa shape index (κ2) is 4.30. The molecule has 3 nitrogen and oxygen atoms in total. The first-order chi connectivity index (χ1) is 7.18. The third-order valence-corrected chi connectivity index (χ3v) is 3.58. The molecule has 0 saturated heterocycles. The number of aromatic nitrogens is 2. The minimum atomic E-state index is -0.535. The van der Waals surface area contributed by atoms with E-state index in [1.807, 2.05) is 6.07 Å². The zero-order valence-electron chi connectivity index (χ0n) is 7.35. The van der Waals surface area contributed by atoms with Crippen molar-refractivity contribution in [1.29, 1.82) is 0 Å². The molecule has 0 saturated carbocycles. The molecule has 2 heterocycles. The monoisotopic (exact) mass is 256 g/mol. The lowest BCUT2D eigenvalue weighted by molar-refractivity contribution is 0.108. The van der Waals surface area contributed by atoms with Crippen LogP contribution in [0.4, 0.5) is 0 Å². The quantitative estimate of drug-likeness (QED) is 0.664. The predicted octanol–water partition coefficient (Wildman–Crippen LogP) is 2.87. The lowest BCUT2D eigenvalue weighted by Gasteiger charge is -1.91. The molecule has 0 radical (unpaired) electrons. The molecule has 0 aliphatic carbocycles. The van der Waals surface area contributed by atoms with Gasteiger partial charge in [-0.3, -0.25) is 9.78 Å². The molecule has 0 N–H and O–H groups in total. The number of thiol groups is 1. The van der Waals surface area contributed by atoms with Gasteiger partial charge >= 0.3 is 0 Å². The molecule has 76 valence electrons. The van der Waals surface area contributed by atoms with Crippen molar-refractivity contribution in [1.82, 2.24) is 9.97 Å². The van der Waals surface area contributed by atoms with Crippen LogP contribution in [-0.2, 0) is 0 Å². The van der Waals surface area contributed by atoms with Crippen LogP contribution in [0.2, 0.25) is 0 Å². The van der Waals surface area contributed by atoms with Crippen molar-refractivity contribution in [2.75, 3.05) is 0 Å². The molecule has 0 atom stereocenters. The van der Waals surface area contributed by atoms with E-state index in [0.717, 1.165) is 5.56 Å². The van der Waals surface area contributed by atoms with Gasteiger partial charge in [0.15, 0.2) is 0 Å². The van der Waals surface area contributed by atoms with Crippen LogP contribution in [-0.4, -0.2) is 15.2 Å². The summed E-state index contributed by atoms with van der Waals surface area (Å²) >= 11 is 10.7. The maximum atomic E-state index is 11.0. The molecule has 0 spiro atoms. The Morgan fingerprint density at radius 2 is 2.33 bits per heavy atom. The molecule has 2 rings (SSSR count). The number of nitrogens with zero attached hydrogens (tertiary/aromatic N) is 2. The van der Waals surface area contributed by atoms with Crippen molar-refractivity contribution in [3.05, 3.63) is 29.4 Å². The summed E-state index contributed by atoms with van der Waals surface area (Å²) < 4.78 is 0. The van der Waals surface area contributed by atoms with Crippen LogP contribution in [0.5, 0.6) is 0 Å². The molecule has 0 fully saturated rings. The minimum Gasteiger partial charge on any atom is -0.275 e. The summed E-state index contributed by atoms with van der Waals surface area (Å²) in [6.07, 6.45) is 3.35. The van der Waals surface area contributed by atoms with E-state index in [2.05, 4.69) is 22.6 Å². The Kier molecular flexibility index (Phi) is 3.04. The van der Waals surface area contributed by atoms with Crippen LogP contribution in [0, 0.1) is 0 Å². The number of carbonyl (C=O) groups excluding carboxylic acids is 1. The van der Waals surface area contributed by atoms with Crippen molar-refractivity contribution in [3.8, 4) is 10.6 Å². The Hall–Kier alpha value is -0.910. The van der Waals surface area contributed by atoms with Gasteiger partial charge in [0.1, 0.15) is 14.9 Å². The van der Waals surface area contributed by atoms with E-state index in [-0.39, 0.29) is 0 Å². The first-order valence-corrected chi connectivity index (χ1v) is 5.62. The fraction of sp³-hybridized carbons (Fsp3) is 0. The van der Waals surface area contributed by atoms with Crippen molar-refractivity contribution in [2.24, 2.45) is 0 Å². The number of halogens is 1. The molecule has 2 aromatic heterocycles. The van der Waals surface area contributed by atoms with Gasteiger partial charge < -0.3 is 0 Å². The molecule has 2 aromatic rings. The summed E-state index contributed by atoms with van der Waals surface area (Å²) in [5.74, 6) is 0. The number of hydrogen-bond donors (Lipinski definition) is 1. The van der Waals surface area contributed by atoms with Gasteiger partial charge in [0.05, 0.1) is 0 Å². The summed E-state index contributed by atoms with van der Waals surface area (Å²) in [5, 5.41) is 0.517. The Morgan fingerprint density at radius 3 is 2.87 bits per heavy atom. The summed E-state index contributed by atoms with van der Waals surface area (Å²) in [5.41, 5.74) is 0.849. The first-order valence-electron chi connectivity index (χ1n) is 3.98.